The summed E-state index contributed by atoms with van der Waals surface area (Å²) in [5.74, 6) is 0.264. The Hall–Kier alpha value is -2.76. The number of benzene rings is 1. The van der Waals surface area contributed by atoms with E-state index in [2.05, 4.69) is 41.1 Å². The molecule has 1 aromatic carbocycles. The number of pyridine rings is 1. The molecule has 198 valence electrons. The topological polar surface area (TPSA) is 91.2 Å². The number of nitrogens with zero attached hydrogens (tertiary/aromatic N) is 4. The van der Waals surface area contributed by atoms with Crippen molar-refractivity contribution in [3.8, 4) is 11.1 Å². The molecule has 0 bridgehead atoms. The van der Waals surface area contributed by atoms with E-state index in [0.29, 0.717) is 23.5 Å². The van der Waals surface area contributed by atoms with Crippen LogP contribution in [0.1, 0.15) is 24.0 Å². The van der Waals surface area contributed by atoms with Crippen LogP contribution in [0.3, 0.4) is 0 Å². The van der Waals surface area contributed by atoms with Crippen molar-refractivity contribution in [2.45, 2.75) is 63.3 Å². The first kappa shape index (κ1) is 27.3. The maximum absolute atomic E-state index is 14.0. The van der Waals surface area contributed by atoms with Gasteiger partial charge in [-0.3, -0.25) is 4.79 Å². The quantitative estimate of drug-likeness (QED) is 0.103. The third-order valence-corrected chi connectivity index (χ3v) is 8.73. The van der Waals surface area contributed by atoms with Crippen LogP contribution < -0.4 is 5.32 Å². The molecule has 0 fully saturated rings. The van der Waals surface area contributed by atoms with Gasteiger partial charge in [0.1, 0.15) is 6.73 Å². The van der Waals surface area contributed by atoms with Gasteiger partial charge in [0.25, 0.3) is 0 Å². The average molecular weight is 544 g/mol. The van der Waals surface area contributed by atoms with Crippen LogP contribution in [0.5, 0.6) is 0 Å². The van der Waals surface area contributed by atoms with Gasteiger partial charge < -0.3 is 14.8 Å². The van der Waals surface area contributed by atoms with Gasteiger partial charge in [0.2, 0.25) is 17.1 Å². The Morgan fingerprint density at radius 1 is 1.24 bits per heavy atom. The highest BCUT2D eigenvalue weighted by molar-refractivity contribution is 7.99. The smallest absolute Gasteiger partial charge is 0.306 e. The van der Waals surface area contributed by atoms with Gasteiger partial charge in [-0.2, -0.15) is 9.37 Å². The lowest BCUT2D eigenvalue weighted by Gasteiger charge is -2.18. The number of carbonyl (C=O) groups excluding carboxylic acids is 1. The molecule has 0 amide bonds. The molecular weight excluding hydrogens is 509 g/mol. The van der Waals surface area contributed by atoms with Crippen LogP contribution in [-0.4, -0.2) is 53.3 Å². The molecule has 0 radical (unpaired) electrons. The lowest BCUT2D eigenvalue weighted by atomic mass is 9.98. The molecule has 0 saturated carbocycles. The number of halogens is 1. The van der Waals surface area contributed by atoms with Crippen molar-refractivity contribution in [2.75, 3.05) is 24.8 Å². The molecule has 2 heterocycles. The van der Waals surface area contributed by atoms with E-state index in [0.717, 1.165) is 42.1 Å². The standard InChI is InChI=1S/C26H34FN5O3SSi/c1-34-23(33)11-14-36-26-30-25(32(31-26)17-35-13-15-37(2,3)4)29-24-20-7-5-6-18(20)8-9-21(24)19-10-12-28-22(27)16-19/h8-10,12,16H,5-7,11,13-15,17H2,1-4H3,(H,29,30,31). The largest absolute Gasteiger partial charge is 0.469 e. The van der Waals surface area contributed by atoms with Gasteiger partial charge in [0.05, 0.1) is 19.2 Å². The number of carbonyl (C=O) groups is 1. The van der Waals surface area contributed by atoms with E-state index >= 15 is 0 Å². The van der Waals surface area contributed by atoms with E-state index in [1.165, 1.54) is 42.3 Å². The first-order valence-electron chi connectivity index (χ1n) is 12.5. The number of methoxy groups -OCH3 is 1. The summed E-state index contributed by atoms with van der Waals surface area (Å²) in [5.41, 5.74) is 5.03. The van der Waals surface area contributed by atoms with Crippen molar-refractivity contribution in [3.63, 3.8) is 0 Å². The summed E-state index contributed by atoms with van der Waals surface area (Å²) in [6, 6.07) is 8.45. The minimum atomic E-state index is -1.23. The van der Waals surface area contributed by atoms with Crippen LogP contribution in [0.2, 0.25) is 25.7 Å². The van der Waals surface area contributed by atoms with Gasteiger partial charge in [-0.15, -0.1) is 5.10 Å². The van der Waals surface area contributed by atoms with E-state index in [1.807, 2.05) is 12.1 Å². The van der Waals surface area contributed by atoms with Gasteiger partial charge in [0.15, 0.2) is 0 Å². The maximum Gasteiger partial charge on any atom is 0.306 e. The fourth-order valence-corrected chi connectivity index (χ4v) is 5.67. The molecule has 1 N–H and O–H groups in total. The highest BCUT2D eigenvalue weighted by Gasteiger charge is 2.22. The molecule has 3 aromatic rings. The minimum absolute atomic E-state index is 0.256. The molecule has 37 heavy (non-hydrogen) atoms. The lowest BCUT2D eigenvalue weighted by Crippen LogP contribution is -2.22. The Morgan fingerprint density at radius 3 is 2.84 bits per heavy atom. The molecule has 0 unspecified atom stereocenters. The molecule has 4 rings (SSSR count). The summed E-state index contributed by atoms with van der Waals surface area (Å²) >= 11 is 1.39. The zero-order valence-electron chi connectivity index (χ0n) is 21.8. The number of hydrogen-bond acceptors (Lipinski definition) is 8. The Balaban J connectivity index is 1.63. The maximum atomic E-state index is 14.0. The summed E-state index contributed by atoms with van der Waals surface area (Å²) in [6.45, 7) is 7.85. The Kier molecular flexibility index (Phi) is 8.98. The molecule has 11 heteroatoms. The number of fused-ring (bicyclic) bond motifs is 1. The number of aryl methyl sites for hydroxylation is 1. The predicted octanol–water partition coefficient (Wildman–Crippen LogP) is 5.68. The Bertz CT molecular complexity index is 1250. The second-order valence-corrected chi connectivity index (χ2v) is 16.9. The average Bonchev–Trinajstić information content (AvgIpc) is 3.48. The predicted molar refractivity (Wildman–Crippen MR) is 146 cm³/mol. The van der Waals surface area contributed by atoms with Crippen molar-refractivity contribution in [1.82, 2.24) is 19.7 Å². The number of esters is 1. The van der Waals surface area contributed by atoms with Crippen LogP contribution in [0.4, 0.5) is 16.0 Å². The van der Waals surface area contributed by atoms with Crippen molar-refractivity contribution in [2.24, 2.45) is 0 Å². The summed E-state index contributed by atoms with van der Waals surface area (Å²) in [6.07, 6.45) is 4.76. The fourth-order valence-electron chi connectivity index (χ4n) is 4.15. The fraction of sp³-hybridized carbons (Fsp3) is 0.462. The minimum Gasteiger partial charge on any atom is -0.469 e. The van der Waals surface area contributed by atoms with Crippen LogP contribution in [0, 0.1) is 5.95 Å². The number of thioether (sulfide) groups is 1. The highest BCUT2D eigenvalue weighted by atomic mass is 32.2. The van der Waals surface area contributed by atoms with E-state index in [9.17, 15) is 9.18 Å². The number of hydrogen-bond donors (Lipinski definition) is 1. The second-order valence-electron chi connectivity index (χ2n) is 10.2. The van der Waals surface area contributed by atoms with Gasteiger partial charge in [0, 0.05) is 38.3 Å². The Labute approximate surface area is 222 Å². The third kappa shape index (κ3) is 7.39. The highest BCUT2D eigenvalue weighted by Crippen LogP contribution is 2.39. The normalized spacial score (nSPS) is 13.0. The van der Waals surface area contributed by atoms with Gasteiger partial charge in [-0.05, 0) is 48.1 Å². The van der Waals surface area contributed by atoms with Gasteiger partial charge in [-0.1, -0.05) is 43.5 Å². The molecule has 1 aliphatic rings. The SMILES string of the molecule is COC(=O)CCSc1nc(Nc2c(-c3ccnc(F)c3)ccc3c2CCC3)n(COCC[Si](C)(C)C)n1. The molecule has 0 atom stereocenters. The van der Waals surface area contributed by atoms with Crippen LogP contribution >= 0.6 is 11.8 Å². The molecule has 0 aliphatic heterocycles. The van der Waals surface area contributed by atoms with E-state index in [-0.39, 0.29) is 19.1 Å². The van der Waals surface area contributed by atoms with Crippen molar-refractivity contribution >= 4 is 37.4 Å². The van der Waals surface area contributed by atoms with E-state index in [1.54, 1.807) is 4.68 Å². The summed E-state index contributed by atoms with van der Waals surface area (Å²) in [5, 5.41) is 8.71. The summed E-state index contributed by atoms with van der Waals surface area (Å²) in [7, 11) is 0.152. The third-order valence-electron chi connectivity index (χ3n) is 6.18. The monoisotopic (exact) mass is 543 g/mol. The number of nitrogens with one attached hydrogen (secondary N) is 1. The van der Waals surface area contributed by atoms with Crippen molar-refractivity contribution in [3.05, 3.63) is 47.5 Å². The zero-order valence-corrected chi connectivity index (χ0v) is 23.7. The van der Waals surface area contributed by atoms with Crippen molar-refractivity contribution < 1.29 is 18.7 Å². The molecule has 2 aromatic heterocycles. The first-order chi connectivity index (χ1) is 17.7. The number of rotatable bonds is 12. The Morgan fingerprint density at radius 2 is 2.08 bits per heavy atom. The number of ether oxygens (including phenoxy) is 2. The molecule has 1 aliphatic carbocycles. The summed E-state index contributed by atoms with van der Waals surface area (Å²) < 4.78 is 26.4. The van der Waals surface area contributed by atoms with E-state index < -0.39 is 14.0 Å². The molecule has 0 spiro atoms. The van der Waals surface area contributed by atoms with Crippen LogP contribution in [0.25, 0.3) is 11.1 Å². The number of aromatic nitrogens is 4. The first-order valence-corrected chi connectivity index (χ1v) is 17.2. The molecule has 8 nitrogen and oxygen atoms in total. The molecular formula is C26H34FN5O3SSi. The van der Waals surface area contributed by atoms with Crippen molar-refractivity contribution in [1.29, 1.82) is 0 Å². The second kappa shape index (κ2) is 12.2. The van der Waals surface area contributed by atoms with E-state index in [4.69, 9.17) is 14.5 Å². The zero-order chi connectivity index (χ0) is 26.4. The van der Waals surface area contributed by atoms with Crippen LogP contribution in [-0.2, 0) is 33.8 Å². The number of anilines is 2. The summed E-state index contributed by atoms with van der Waals surface area (Å²) in [4.78, 5) is 20.0. The van der Waals surface area contributed by atoms with Gasteiger partial charge >= 0.3 is 5.97 Å². The lowest BCUT2D eigenvalue weighted by molar-refractivity contribution is -0.140. The molecule has 0 saturated heterocycles. The van der Waals surface area contributed by atoms with Gasteiger partial charge in [-0.25, -0.2) is 9.67 Å². The van der Waals surface area contributed by atoms with Crippen LogP contribution in [0.15, 0.2) is 35.6 Å².